The molecule has 1 saturated heterocycles. The predicted octanol–water partition coefficient (Wildman–Crippen LogP) is 2.65. The average molecular weight is 357 g/mol. The van der Waals surface area contributed by atoms with Crippen molar-refractivity contribution in [2.75, 3.05) is 13.1 Å². The van der Waals surface area contributed by atoms with Gasteiger partial charge in [0.15, 0.2) is 0 Å². The summed E-state index contributed by atoms with van der Waals surface area (Å²) in [5.41, 5.74) is 0.376. The molecule has 8 heteroatoms. The molecule has 2 rings (SSSR count). The molecule has 6 nitrogen and oxygen atoms in total. The summed E-state index contributed by atoms with van der Waals surface area (Å²) in [6, 6.07) is -0.374. The molecular weight excluding hydrogens is 327 g/mol. The number of alkyl halides is 1. The zero-order valence-electron chi connectivity index (χ0n) is 15.8. The molecule has 0 aliphatic carbocycles. The van der Waals surface area contributed by atoms with Gasteiger partial charge in [-0.25, -0.2) is 13.9 Å². The Balaban J connectivity index is 2.10. The van der Waals surface area contributed by atoms with Crippen LogP contribution >= 0.6 is 0 Å². The monoisotopic (exact) mass is 356 g/mol. The van der Waals surface area contributed by atoms with Gasteiger partial charge in [-0.15, -0.1) is 5.10 Å². The highest BCUT2D eigenvalue weighted by Crippen LogP contribution is 2.27. The van der Waals surface area contributed by atoms with Crippen molar-refractivity contribution in [2.24, 2.45) is 0 Å². The van der Waals surface area contributed by atoms with E-state index in [0.717, 1.165) is 11.0 Å². The standard InChI is InChI=1S/C16H29FN4O2Si/c1-11-14(24(5,6)7)18-19-21(11)13-8-9-20(10-12(13)17)15(22)23-16(2,3)4/h12-13H,8-10H2,1-7H3/t12-,13+/m1/s1. The molecule has 0 N–H and O–H groups in total. The number of hydrogen-bond donors (Lipinski definition) is 0. The molecule has 24 heavy (non-hydrogen) atoms. The molecule has 1 amide bonds. The summed E-state index contributed by atoms with van der Waals surface area (Å²) in [7, 11) is -1.60. The first-order valence-corrected chi connectivity index (χ1v) is 11.9. The molecule has 0 radical (unpaired) electrons. The number of likely N-dealkylation sites (tertiary alicyclic amines) is 1. The summed E-state index contributed by atoms with van der Waals surface area (Å²) in [6.07, 6.45) is -1.13. The van der Waals surface area contributed by atoms with Crippen LogP contribution in [0.4, 0.5) is 9.18 Å². The van der Waals surface area contributed by atoms with Crippen molar-refractivity contribution in [2.45, 2.75) is 71.6 Å². The number of rotatable bonds is 2. The summed E-state index contributed by atoms with van der Waals surface area (Å²) in [4.78, 5) is 13.6. The van der Waals surface area contributed by atoms with Crippen LogP contribution in [0.2, 0.25) is 19.6 Å². The molecule has 2 heterocycles. The van der Waals surface area contributed by atoms with E-state index < -0.39 is 25.9 Å². The van der Waals surface area contributed by atoms with Crippen molar-refractivity contribution in [3.05, 3.63) is 5.69 Å². The quantitative estimate of drug-likeness (QED) is 0.765. The second-order valence-electron chi connectivity index (χ2n) is 8.52. The van der Waals surface area contributed by atoms with Gasteiger partial charge < -0.3 is 9.64 Å². The van der Waals surface area contributed by atoms with Gasteiger partial charge in [0, 0.05) is 6.54 Å². The maximum Gasteiger partial charge on any atom is 0.410 e. The van der Waals surface area contributed by atoms with Crippen LogP contribution in [0, 0.1) is 6.92 Å². The topological polar surface area (TPSA) is 60.2 Å². The summed E-state index contributed by atoms with van der Waals surface area (Å²) < 4.78 is 21.8. The Bertz CT molecular complexity index is 606. The van der Waals surface area contributed by atoms with Crippen LogP contribution < -0.4 is 5.32 Å². The summed E-state index contributed by atoms with van der Waals surface area (Å²) >= 11 is 0. The van der Waals surface area contributed by atoms with E-state index in [0.29, 0.717) is 13.0 Å². The van der Waals surface area contributed by atoms with Crippen molar-refractivity contribution in [3.8, 4) is 0 Å². The van der Waals surface area contributed by atoms with Gasteiger partial charge in [-0.2, -0.15) is 0 Å². The molecule has 1 aromatic heterocycles. The predicted molar refractivity (Wildman–Crippen MR) is 94.1 cm³/mol. The van der Waals surface area contributed by atoms with E-state index in [1.807, 2.05) is 6.92 Å². The Morgan fingerprint density at radius 2 is 1.96 bits per heavy atom. The minimum absolute atomic E-state index is 0.0289. The van der Waals surface area contributed by atoms with Crippen molar-refractivity contribution < 1.29 is 13.9 Å². The fourth-order valence-electron chi connectivity index (χ4n) is 3.01. The third-order valence-electron chi connectivity index (χ3n) is 4.11. The maximum absolute atomic E-state index is 14.7. The lowest BCUT2D eigenvalue weighted by Gasteiger charge is -2.35. The number of nitrogens with zero attached hydrogens (tertiary/aromatic N) is 4. The van der Waals surface area contributed by atoms with Gasteiger partial charge in [0.2, 0.25) is 0 Å². The first-order valence-electron chi connectivity index (χ1n) is 8.44. The third-order valence-corrected chi connectivity index (χ3v) is 5.99. The second-order valence-corrected chi connectivity index (χ2v) is 13.5. The first kappa shape index (κ1) is 18.9. The van der Waals surface area contributed by atoms with Crippen LogP contribution in [-0.4, -0.2) is 58.9 Å². The Morgan fingerprint density at radius 1 is 1.33 bits per heavy atom. The lowest BCUT2D eigenvalue weighted by Crippen LogP contribution is -2.48. The Morgan fingerprint density at radius 3 is 2.42 bits per heavy atom. The van der Waals surface area contributed by atoms with E-state index >= 15 is 0 Å². The molecule has 1 fully saturated rings. The summed E-state index contributed by atoms with van der Waals surface area (Å²) in [6.45, 7) is 14.5. The van der Waals surface area contributed by atoms with Crippen LogP contribution in [0.1, 0.15) is 38.9 Å². The fourth-order valence-corrected chi connectivity index (χ4v) is 4.55. The number of carbonyl (C=O) groups is 1. The number of ether oxygens (including phenoxy) is 1. The first-order chi connectivity index (χ1) is 10.9. The molecule has 1 aliphatic rings. The van der Waals surface area contributed by atoms with E-state index in [1.165, 1.54) is 4.90 Å². The number of aromatic nitrogens is 3. The number of carbonyl (C=O) groups excluding carboxylic acids is 1. The van der Waals surface area contributed by atoms with Gasteiger partial charge in [0.25, 0.3) is 0 Å². The van der Waals surface area contributed by atoms with E-state index in [9.17, 15) is 9.18 Å². The second kappa shape index (κ2) is 6.46. The van der Waals surface area contributed by atoms with Crippen LogP contribution in [0.25, 0.3) is 0 Å². The molecule has 0 saturated carbocycles. The van der Waals surface area contributed by atoms with E-state index in [1.54, 1.807) is 25.5 Å². The van der Waals surface area contributed by atoms with Gasteiger partial charge in [-0.1, -0.05) is 24.9 Å². The van der Waals surface area contributed by atoms with Crippen LogP contribution in [0.15, 0.2) is 0 Å². The van der Waals surface area contributed by atoms with Gasteiger partial charge in [0.1, 0.15) is 19.8 Å². The van der Waals surface area contributed by atoms with Gasteiger partial charge >= 0.3 is 6.09 Å². The fraction of sp³-hybridized carbons (Fsp3) is 0.812. The van der Waals surface area contributed by atoms with Crippen molar-refractivity contribution in [1.82, 2.24) is 19.9 Å². The number of amides is 1. The molecule has 1 aromatic rings. The van der Waals surface area contributed by atoms with Crippen molar-refractivity contribution in [1.29, 1.82) is 0 Å². The number of hydrogen-bond acceptors (Lipinski definition) is 4. The van der Waals surface area contributed by atoms with E-state index in [2.05, 4.69) is 30.0 Å². The molecule has 1 aliphatic heterocycles. The molecule has 0 aromatic carbocycles. The van der Waals surface area contributed by atoms with Crippen LogP contribution in [-0.2, 0) is 4.74 Å². The smallest absolute Gasteiger partial charge is 0.410 e. The Hall–Kier alpha value is -1.44. The van der Waals surface area contributed by atoms with E-state index in [-0.39, 0.29) is 12.6 Å². The lowest BCUT2D eigenvalue weighted by atomic mass is 10.0. The highest BCUT2D eigenvalue weighted by Gasteiger charge is 2.37. The largest absolute Gasteiger partial charge is 0.444 e. The normalized spacial score (nSPS) is 22.6. The minimum atomic E-state index is -1.60. The summed E-state index contributed by atoms with van der Waals surface area (Å²) in [5.74, 6) is 0. The Kier molecular flexibility index (Phi) is 5.08. The molecule has 2 atom stereocenters. The Labute approximate surface area is 144 Å². The zero-order chi connectivity index (χ0) is 18.3. The van der Waals surface area contributed by atoms with Crippen molar-refractivity contribution in [3.63, 3.8) is 0 Å². The molecule has 0 spiro atoms. The van der Waals surface area contributed by atoms with Gasteiger partial charge in [0.05, 0.1) is 23.6 Å². The average Bonchev–Trinajstić information content (AvgIpc) is 2.78. The SMILES string of the molecule is Cc1c([Si](C)(C)C)nnn1[C@H]1CCN(C(=O)OC(C)(C)C)C[C@H]1F. The maximum atomic E-state index is 14.7. The lowest BCUT2D eigenvalue weighted by molar-refractivity contribution is 0.00547. The van der Waals surface area contributed by atoms with E-state index in [4.69, 9.17) is 4.74 Å². The minimum Gasteiger partial charge on any atom is -0.444 e. The van der Waals surface area contributed by atoms with Gasteiger partial charge in [-0.05, 0) is 34.1 Å². The van der Waals surface area contributed by atoms with Crippen molar-refractivity contribution >= 4 is 19.5 Å². The molecular formula is C16H29FN4O2Si. The summed E-state index contributed by atoms with van der Waals surface area (Å²) in [5, 5.41) is 9.53. The molecule has 0 unspecified atom stereocenters. The highest BCUT2D eigenvalue weighted by molar-refractivity contribution is 6.88. The molecule has 0 bridgehead atoms. The highest BCUT2D eigenvalue weighted by atomic mass is 28.3. The molecule has 136 valence electrons. The number of piperidine rings is 1. The van der Waals surface area contributed by atoms with Crippen LogP contribution in [0.5, 0.6) is 0 Å². The zero-order valence-corrected chi connectivity index (χ0v) is 16.8. The van der Waals surface area contributed by atoms with Crippen LogP contribution in [0.3, 0.4) is 0 Å². The van der Waals surface area contributed by atoms with Gasteiger partial charge in [-0.3, -0.25) is 0 Å². The number of halogens is 1. The third kappa shape index (κ3) is 4.14.